The first-order chi connectivity index (χ1) is 10.2. The number of hydrogen-bond donors (Lipinski definition) is 2. The fourth-order valence-electron chi connectivity index (χ4n) is 1.54. The second kappa shape index (κ2) is 11.3. The van der Waals surface area contributed by atoms with Crippen molar-refractivity contribution in [2.24, 2.45) is 11.5 Å². The maximum atomic E-state index is 11.4. The van der Waals surface area contributed by atoms with Gasteiger partial charge in [0, 0.05) is 12.8 Å². The number of Topliss-reactive ketones (excluding diaryl/α,β-unsaturated/α-hetero) is 2. The van der Waals surface area contributed by atoms with Crippen LogP contribution in [0.4, 0.5) is 0 Å². The summed E-state index contributed by atoms with van der Waals surface area (Å²) in [6, 6.07) is 0. The molecule has 0 amide bonds. The highest BCUT2D eigenvalue weighted by molar-refractivity contribution is 5.94. The summed E-state index contributed by atoms with van der Waals surface area (Å²) in [6.45, 7) is 11.1. The van der Waals surface area contributed by atoms with E-state index in [9.17, 15) is 9.59 Å². The number of nitrogens with two attached hydrogens (primary N) is 2. The lowest BCUT2D eigenvalue weighted by Crippen LogP contribution is -2.30. The number of ether oxygens (including phenoxy) is 2. The molecule has 0 spiro atoms. The van der Waals surface area contributed by atoms with E-state index < -0.39 is 12.5 Å². The Labute approximate surface area is 132 Å². The molecule has 0 saturated heterocycles. The smallest absolute Gasteiger partial charge is 0.158 e. The molecule has 0 aliphatic rings. The van der Waals surface area contributed by atoms with Gasteiger partial charge in [0.05, 0.1) is 13.2 Å². The molecule has 0 bridgehead atoms. The van der Waals surface area contributed by atoms with Gasteiger partial charge in [-0.3, -0.25) is 9.59 Å². The Morgan fingerprint density at radius 1 is 0.864 bits per heavy atom. The van der Waals surface area contributed by atoms with E-state index in [1.807, 2.05) is 0 Å². The average Bonchev–Trinajstić information content (AvgIpc) is 2.46. The molecule has 4 N–H and O–H groups in total. The van der Waals surface area contributed by atoms with Crippen molar-refractivity contribution < 1.29 is 19.1 Å². The lowest BCUT2D eigenvalue weighted by molar-refractivity contribution is -0.117. The molecular formula is C16H28N2O4. The fourth-order valence-corrected chi connectivity index (χ4v) is 1.54. The lowest BCUT2D eigenvalue weighted by Gasteiger charge is -2.15. The molecule has 0 fully saturated rings. The summed E-state index contributed by atoms with van der Waals surface area (Å²) >= 11 is 0. The third-order valence-corrected chi connectivity index (χ3v) is 3.01. The number of carbonyl (C=O) groups is 2. The highest BCUT2D eigenvalue weighted by Crippen LogP contribution is 2.04. The van der Waals surface area contributed by atoms with E-state index >= 15 is 0 Å². The monoisotopic (exact) mass is 312 g/mol. The molecule has 0 heterocycles. The molecule has 0 aromatic carbocycles. The maximum absolute atomic E-state index is 11.4. The molecule has 0 rings (SSSR count). The van der Waals surface area contributed by atoms with Crippen LogP contribution in [0.5, 0.6) is 0 Å². The number of hydrogen-bond acceptors (Lipinski definition) is 6. The Balaban J connectivity index is 3.66. The van der Waals surface area contributed by atoms with Gasteiger partial charge >= 0.3 is 0 Å². The molecule has 0 aliphatic heterocycles. The molecular weight excluding hydrogens is 284 g/mol. The predicted molar refractivity (Wildman–Crippen MR) is 86.0 cm³/mol. The Hall–Kier alpha value is -1.34. The van der Waals surface area contributed by atoms with Crippen LogP contribution in [-0.4, -0.2) is 37.2 Å². The van der Waals surface area contributed by atoms with Gasteiger partial charge in [0.15, 0.2) is 11.6 Å². The molecule has 2 atom stereocenters. The van der Waals surface area contributed by atoms with Crippen LogP contribution in [0.1, 0.15) is 39.5 Å². The standard InChI is InChI=1S/C16H28N2O4/c1-11(2)13(19)5-7-15(17)21-9-10-22-16(18)8-6-14(20)12(3)4/h15-16H,1,3,5-10,17-18H2,2,4H3. The van der Waals surface area contributed by atoms with Gasteiger partial charge in [0.1, 0.15) is 12.5 Å². The van der Waals surface area contributed by atoms with Gasteiger partial charge in [-0.05, 0) is 37.8 Å². The van der Waals surface area contributed by atoms with Crippen LogP contribution in [0.15, 0.2) is 24.3 Å². The van der Waals surface area contributed by atoms with Crippen molar-refractivity contribution in [2.45, 2.75) is 52.0 Å². The van der Waals surface area contributed by atoms with Crippen LogP contribution in [0.2, 0.25) is 0 Å². The first-order valence-electron chi connectivity index (χ1n) is 7.35. The molecule has 126 valence electrons. The van der Waals surface area contributed by atoms with Crippen LogP contribution in [0.3, 0.4) is 0 Å². The van der Waals surface area contributed by atoms with Gasteiger partial charge in [-0.15, -0.1) is 0 Å². The normalized spacial score (nSPS) is 13.5. The number of allylic oxidation sites excluding steroid dienone is 2. The Morgan fingerprint density at radius 2 is 1.18 bits per heavy atom. The first kappa shape index (κ1) is 20.7. The largest absolute Gasteiger partial charge is 0.361 e. The van der Waals surface area contributed by atoms with Gasteiger partial charge in [0.25, 0.3) is 0 Å². The summed E-state index contributed by atoms with van der Waals surface area (Å²) in [7, 11) is 0. The molecule has 0 radical (unpaired) electrons. The predicted octanol–water partition coefficient (Wildman–Crippen LogP) is 1.44. The van der Waals surface area contributed by atoms with E-state index in [0.717, 1.165) is 0 Å². The molecule has 0 aromatic heterocycles. The van der Waals surface area contributed by atoms with Crippen LogP contribution < -0.4 is 11.5 Å². The summed E-state index contributed by atoms with van der Waals surface area (Å²) in [5.74, 6) is -0.0287. The number of carbonyl (C=O) groups excluding carboxylic acids is 2. The van der Waals surface area contributed by atoms with Crippen molar-refractivity contribution in [1.29, 1.82) is 0 Å². The number of rotatable bonds is 13. The zero-order valence-corrected chi connectivity index (χ0v) is 13.6. The Kier molecular flexibility index (Phi) is 10.6. The minimum atomic E-state index is -0.520. The van der Waals surface area contributed by atoms with Crippen molar-refractivity contribution >= 4 is 11.6 Å². The molecule has 0 aromatic rings. The van der Waals surface area contributed by atoms with Gasteiger partial charge in [-0.2, -0.15) is 0 Å². The average molecular weight is 312 g/mol. The van der Waals surface area contributed by atoms with E-state index in [0.29, 0.717) is 36.8 Å². The second-order valence-electron chi connectivity index (χ2n) is 5.30. The van der Waals surface area contributed by atoms with Crippen molar-refractivity contribution in [3.63, 3.8) is 0 Å². The fraction of sp³-hybridized carbons (Fsp3) is 0.625. The Morgan fingerprint density at radius 3 is 1.45 bits per heavy atom. The van der Waals surface area contributed by atoms with E-state index in [1.54, 1.807) is 13.8 Å². The summed E-state index contributed by atoms with van der Waals surface area (Å²) in [5.41, 5.74) is 12.5. The highest BCUT2D eigenvalue weighted by atomic mass is 16.5. The van der Waals surface area contributed by atoms with E-state index in [4.69, 9.17) is 20.9 Å². The van der Waals surface area contributed by atoms with Crippen LogP contribution in [0, 0.1) is 0 Å². The SMILES string of the molecule is C=C(C)C(=O)CCC(N)OCCOC(N)CCC(=O)C(=C)C. The van der Waals surface area contributed by atoms with Crippen molar-refractivity contribution in [2.75, 3.05) is 13.2 Å². The molecule has 2 unspecified atom stereocenters. The molecule has 0 aliphatic carbocycles. The molecule has 6 nitrogen and oxygen atoms in total. The maximum Gasteiger partial charge on any atom is 0.158 e. The minimum Gasteiger partial charge on any atom is -0.361 e. The van der Waals surface area contributed by atoms with Gasteiger partial charge < -0.3 is 20.9 Å². The summed E-state index contributed by atoms with van der Waals surface area (Å²) in [6.07, 6.45) is 0.469. The summed E-state index contributed by atoms with van der Waals surface area (Å²) in [5, 5.41) is 0. The third-order valence-electron chi connectivity index (χ3n) is 3.01. The van der Waals surface area contributed by atoms with E-state index in [1.165, 1.54) is 0 Å². The van der Waals surface area contributed by atoms with Crippen LogP contribution >= 0.6 is 0 Å². The highest BCUT2D eigenvalue weighted by Gasteiger charge is 2.10. The molecule has 22 heavy (non-hydrogen) atoms. The van der Waals surface area contributed by atoms with Crippen molar-refractivity contribution in [1.82, 2.24) is 0 Å². The minimum absolute atomic E-state index is 0.0144. The second-order valence-corrected chi connectivity index (χ2v) is 5.30. The van der Waals surface area contributed by atoms with Crippen molar-refractivity contribution in [3.05, 3.63) is 24.3 Å². The van der Waals surface area contributed by atoms with E-state index in [2.05, 4.69) is 13.2 Å². The quantitative estimate of drug-likeness (QED) is 0.303. The van der Waals surface area contributed by atoms with Gasteiger partial charge in [0.2, 0.25) is 0 Å². The first-order valence-corrected chi connectivity index (χ1v) is 7.35. The van der Waals surface area contributed by atoms with Crippen LogP contribution in [0.25, 0.3) is 0 Å². The topological polar surface area (TPSA) is 105 Å². The van der Waals surface area contributed by atoms with Gasteiger partial charge in [-0.25, -0.2) is 0 Å². The summed E-state index contributed by atoms with van der Waals surface area (Å²) in [4.78, 5) is 22.7. The zero-order valence-electron chi connectivity index (χ0n) is 13.6. The van der Waals surface area contributed by atoms with E-state index in [-0.39, 0.29) is 24.8 Å². The van der Waals surface area contributed by atoms with Crippen molar-refractivity contribution in [3.8, 4) is 0 Å². The van der Waals surface area contributed by atoms with Gasteiger partial charge in [-0.1, -0.05) is 13.2 Å². The number of ketones is 2. The molecule has 0 saturated carbocycles. The summed E-state index contributed by atoms with van der Waals surface area (Å²) < 4.78 is 10.6. The zero-order chi connectivity index (χ0) is 17.1. The third kappa shape index (κ3) is 10.4. The lowest BCUT2D eigenvalue weighted by atomic mass is 10.1. The Bertz CT molecular complexity index is 369. The molecule has 6 heteroatoms. The van der Waals surface area contributed by atoms with Crippen LogP contribution in [-0.2, 0) is 19.1 Å².